The standard InChI is InChI=1S/C18H35N3O.2ClH/c1-4-15-9-8-12-21(13-15)17(2,3)14-20-16(22)18(19)10-6-5-7-11-18;;/h15H,4-14,19H2,1-3H3,(H,20,22);2*1H. The Morgan fingerprint density at radius 1 is 1.21 bits per heavy atom. The average molecular weight is 382 g/mol. The molecule has 0 radical (unpaired) electrons. The van der Waals surface area contributed by atoms with E-state index in [4.69, 9.17) is 5.73 Å². The Morgan fingerprint density at radius 3 is 2.42 bits per heavy atom. The van der Waals surface area contributed by atoms with Crippen LogP contribution in [0.4, 0.5) is 0 Å². The van der Waals surface area contributed by atoms with E-state index in [9.17, 15) is 4.79 Å². The molecule has 2 aliphatic rings. The topological polar surface area (TPSA) is 58.4 Å². The predicted molar refractivity (Wildman–Crippen MR) is 106 cm³/mol. The van der Waals surface area contributed by atoms with Crippen LogP contribution in [0.5, 0.6) is 0 Å². The number of carbonyl (C=O) groups is 1. The summed E-state index contributed by atoms with van der Waals surface area (Å²) in [7, 11) is 0. The highest BCUT2D eigenvalue weighted by molar-refractivity contribution is 5.86. The van der Waals surface area contributed by atoms with Crippen LogP contribution in [-0.2, 0) is 4.79 Å². The zero-order valence-electron chi connectivity index (χ0n) is 15.6. The third-order valence-electron chi connectivity index (χ3n) is 5.83. The monoisotopic (exact) mass is 381 g/mol. The molecule has 1 aliphatic heterocycles. The molecule has 1 saturated carbocycles. The van der Waals surface area contributed by atoms with E-state index in [2.05, 4.69) is 31.0 Å². The second kappa shape index (κ2) is 10.2. The molecule has 0 spiro atoms. The van der Waals surface area contributed by atoms with Crippen molar-refractivity contribution in [1.29, 1.82) is 0 Å². The number of hydrogen-bond acceptors (Lipinski definition) is 3. The minimum atomic E-state index is -0.623. The molecule has 0 bridgehead atoms. The van der Waals surface area contributed by atoms with Crippen molar-refractivity contribution in [3.8, 4) is 0 Å². The average Bonchev–Trinajstić information content (AvgIpc) is 2.53. The maximum absolute atomic E-state index is 12.5. The molecule has 0 aromatic rings. The lowest BCUT2D eigenvalue weighted by molar-refractivity contribution is -0.128. The summed E-state index contributed by atoms with van der Waals surface area (Å²) in [6.07, 6.45) is 8.92. The molecule has 1 amide bonds. The molecule has 0 aromatic carbocycles. The van der Waals surface area contributed by atoms with Gasteiger partial charge in [-0.3, -0.25) is 9.69 Å². The molecule has 24 heavy (non-hydrogen) atoms. The van der Waals surface area contributed by atoms with Crippen molar-refractivity contribution < 1.29 is 4.79 Å². The van der Waals surface area contributed by atoms with Crippen LogP contribution in [-0.4, -0.2) is 41.5 Å². The Kier molecular flexibility index (Phi) is 10.2. The quantitative estimate of drug-likeness (QED) is 0.765. The maximum atomic E-state index is 12.5. The SMILES string of the molecule is CCC1CCCN(C(C)(C)CNC(=O)C2(N)CCCCC2)C1.Cl.Cl. The van der Waals surface area contributed by atoms with Gasteiger partial charge in [0, 0.05) is 18.6 Å². The molecular formula is C18H37Cl2N3O. The van der Waals surface area contributed by atoms with Gasteiger partial charge >= 0.3 is 0 Å². The van der Waals surface area contributed by atoms with E-state index in [1.54, 1.807) is 0 Å². The zero-order valence-corrected chi connectivity index (χ0v) is 17.2. The summed E-state index contributed by atoms with van der Waals surface area (Å²) in [6.45, 7) is 9.77. The fraction of sp³-hybridized carbons (Fsp3) is 0.944. The second-order valence-electron chi connectivity index (χ2n) is 8.07. The van der Waals surface area contributed by atoms with E-state index in [-0.39, 0.29) is 36.3 Å². The van der Waals surface area contributed by atoms with Crippen molar-refractivity contribution in [2.24, 2.45) is 11.7 Å². The van der Waals surface area contributed by atoms with Crippen LogP contribution >= 0.6 is 24.8 Å². The van der Waals surface area contributed by atoms with Crippen LogP contribution < -0.4 is 11.1 Å². The van der Waals surface area contributed by atoms with E-state index in [0.717, 1.165) is 44.7 Å². The number of likely N-dealkylation sites (tertiary alicyclic amines) is 1. The largest absolute Gasteiger partial charge is 0.353 e. The summed E-state index contributed by atoms with van der Waals surface area (Å²) in [5.41, 5.74) is 5.71. The first-order valence-corrected chi connectivity index (χ1v) is 9.19. The number of nitrogens with one attached hydrogen (secondary N) is 1. The normalized spacial score (nSPS) is 24.4. The second-order valence-corrected chi connectivity index (χ2v) is 8.07. The first kappa shape index (κ1) is 24.0. The number of piperidine rings is 1. The number of amides is 1. The minimum absolute atomic E-state index is 0. The minimum Gasteiger partial charge on any atom is -0.353 e. The molecular weight excluding hydrogens is 345 g/mol. The number of nitrogens with two attached hydrogens (primary N) is 1. The van der Waals surface area contributed by atoms with Gasteiger partial charge in [0.2, 0.25) is 5.91 Å². The molecule has 0 aromatic heterocycles. The van der Waals surface area contributed by atoms with Crippen molar-refractivity contribution >= 4 is 30.7 Å². The summed E-state index contributed by atoms with van der Waals surface area (Å²) in [4.78, 5) is 15.1. The Hall–Kier alpha value is -0.0300. The Balaban J connectivity index is 0.00000264. The van der Waals surface area contributed by atoms with E-state index in [1.807, 2.05) is 0 Å². The predicted octanol–water partition coefficient (Wildman–Crippen LogP) is 3.51. The van der Waals surface area contributed by atoms with Gasteiger partial charge in [-0.1, -0.05) is 32.6 Å². The summed E-state index contributed by atoms with van der Waals surface area (Å²) in [5.74, 6) is 0.868. The number of halogens is 2. The lowest BCUT2D eigenvalue weighted by atomic mass is 9.81. The van der Waals surface area contributed by atoms with Crippen LogP contribution in [0.15, 0.2) is 0 Å². The van der Waals surface area contributed by atoms with Gasteiger partial charge in [-0.05, 0) is 52.0 Å². The first-order chi connectivity index (χ1) is 10.4. The number of carbonyl (C=O) groups excluding carboxylic acids is 1. The summed E-state index contributed by atoms with van der Waals surface area (Å²) in [5, 5.41) is 3.16. The van der Waals surface area contributed by atoms with Crippen molar-refractivity contribution in [1.82, 2.24) is 10.2 Å². The van der Waals surface area contributed by atoms with Crippen molar-refractivity contribution in [2.45, 2.75) is 83.2 Å². The van der Waals surface area contributed by atoms with Gasteiger partial charge in [0.15, 0.2) is 0 Å². The lowest BCUT2D eigenvalue weighted by Crippen LogP contribution is -2.60. The highest BCUT2D eigenvalue weighted by Crippen LogP contribution is 2.27. The summed E-state index contributed by atoms with van der Waals surface area (Å²) >= 11 is 0. The molecule has 144 valence electrons. The molecule has 3 N–H and O–H groups in total. The highest BCUT2D eigenvalue weighted by Gasteiger charge is 2.37. The summed E-state index contributed by atoms with van der Waals surface area (Å²) < 4.78 is 0. The number of rotatable bonds is 5. The van der Waals surface area contributed by atoms with E-state index >= 15 is 0 Å². The highest BCUT2D eigenvalue weighted by atomic mass is 35.5. The van der Waals surface area contributed by atoms with Gasteiger partial charge in [0.05, 0.1) is 5.54 Å². The Bertz CT molecular complexity index is 384. The molecule has 2 rings (SSSR count). The Morgan fingerprint density at radius 2 is 1.83 bits per heavy atom. The third-order valence-corrected chi connectivity index (χ3v) is 5.83. The molecule has 1 heterocycles. The van der Waals surface area contributed by atoms with Gasteiger partial charge < -0.3 is 11.1 Å². The smallest absolute Gasteiger partial charge is 0.240 e. The van der Waals surface area contributed by atoms with Gasteiger partial charge in [0.25, 0.3) is 0 Å². The van der Waals surface area contributed by atoms with Crippen molar-refractivity contribution in [3.05, 3.63) is 0 Å². The van der Waals surface area contributed by atoms with Gasteiger partial charge in [-0.25, -0.2) is 0 Å². The fourth-order valence-electron chi connectivity index (χ4n) is 3.94. The van der Waals surface area contributed by atoms with E-state index in [0.29, 0.717) is 6.54 Å². The van der Waals surface area contributed by atoms with Crippen LogP contribution in [0.25, 0.3) is 0 Å². The van der Waals surface area contributed by atoms with E-state index < -0.39 is 5.54 Å². The lowest BCUT2D eigenvalue weighted by Gasteiger charge is -2.44. The molecule has 2 fully saturated rings. The first-order valence-electron chi connectivity index (χ1n) is 9.19. The third kappa shape index (κ3) is 6.05. The Labute approximate surface area is 160 Å². The van der Waals surface area contributed by atoms with Crippen molar-refractivity contribution in [3.63, 3.8) is 0 Å². The van der Waals surface area contributed by atoms with Crippen LogP contribution in [0.2, 0.25) is 0 Å². The molecule has 6 heteroatoms. The number of nitrogens with zero attached hydrogens (tertiary/aromatic N) is 1. The molecule has 1 aliphatic carbocycles. The van der Waals surface area contributed by atoms with Crippen LogP contribution in [0.1, 0.15) is 72.1 Å². The molecule has 1 atom stereocenters. The van der Waals surface area contributed by atoms with Gasteiger partial charge in [-0.15, -0.1) is 24.8 Å². The molecule has 4 nitrogen and oxygen atoms in total. The van der Waals surface area contributed by atoms with Crippen molar-refractivity contribution in [2.75, 3.05) is 19.6 Å². The molecule has 1 unspecified atom stereocenters. The molecule has 1 saturated heterocycles. The fourth-order valence-corrected chi connectivity index (χ4v) is 3.94. The maximum Gasteiger partial charge on any atom is 0.240 e. The van der Waals surface area contributed by atoms with Gasteiger partial charge in [-0.2, -0.15) is 0 Å². The number of hydrogen-bond donors (Lipinski definition) is 2. The van der Waals surface area contributed by atoms with E-state index in [1.165, 1.54) is 25.7 Å². The van der Waals surface area contributed by atoms with Crippen LogP contribution in [0.3, 0.4) is 0 Å². The zero-order chi connectivity index (χ0) is 16.2. The van der Waals surface area contributed by atoms with Gasteiger partial charge in [0.1, 0.15) is 0 Å². The summed E-state index contributed by atoms with van der Waals surface area (Å²) in [6, 6.07) is 0. The van der Waals surface area contributed by atoms with Crippen LogP contribution in [0, 0.1) is 5.92 Å².